The molecule has 2 rings (SSSR count). The molecule has 4 nitrogen and oxygen atoms in total. The highest BCUT2D eigenvalue weighted by Crippen LogP contribution is 2.23. The molecular weight excluding hydrogens is 274 g/mol. The van der Waals surface area contributed by atoms with E-state index >= 15 is 0 Å². The van der Waals surface area contributed by atoms with Gasteiger partial charge in [-0.15, -0.1) is 0 Å². The highest BCUT2D eigenvalue weighted by molar-refractivity contribution is 6.34. The molecule has 0 unspecified atom stereocenters. The summed E-state index contributed by atoms with van der Waals surface area (Å²) < 4.78 is 1.66. The van der Waals surface area contributed by atoms with E-state index in [9.17, 15) is 4.79 Å². The van der Waals surface area contributed by atoms with E-state index in [0.717, 1.165) is 5.69 Å². The standard InChI is InChI=1S/C15H18ClN3O/c1-10(2)19-14(13(16)9-17-19)15(20)11-5-7-12(8-6-11)18(3)4/h5-10H,1-4H3. The van der Waals surface area contributed by atoms with E-state index in [1.807, 2.05) is 57.1 Å². The normalized spacial score (nSPS) is 10.9. The van der Waals surface area contributed by atoms with Crippen molar-refractivity contribution in [1.82, 2.24) is 9.78 Å². The van der Waals surface area contributed by atoms with Crippen molar-refractivity contribution in [3.8, 4) is 0 Å². The summed E-state index contributed by atoms with van der Waals surface area (Å²) in [7, 11) is 3.92. The summed E-state index contributed by atoms with van der Waals surface area (Å²) in [5, 5.41) is 4.55. The van der Waals surface area contributed by atoms with Crippen LogP contribution in [0.2, 0.25) is 5.02 Å². The molecule has 1 aromatic heterocycles. The first kappa shape index (κ1) is 14.6. The van der Waals surface area contributed by atoms with Crippen molar-refractivity contribution in [3.63, 3.8) is 0 Å². The van der Waals surface area contributed by atoms with Gasteiger partial charge in [-0.05, 0) is 38.1 Å². The zero-order valence-corrected chi connectivity index (χ0v) is 12.8. The Kier molecular flexibility index (Phi) is 4.14. The Morgan fingerprint density at radius 2 is 1.85 bits per heavy atom. The van der Waals surface area contributed by atoms with E-state index in [1.54, 1.807) is 4.68 Å². The topological polar surface area (TPSA) is 38.1 Å². The second-order valence-corrected chi connectivity index (χ2v) is 5.56. The molecule has 0 aliphatic carbocycles. The summed E-state index contributed by atoms with van der Waals surface area (Å²) >= 11 is 6.10. The molecule has 0 N–H and O–H groups in total. The van der Waals surface area contributed by atoms with Crippen LogP contribution in [0.3, 0.4) is 0 Å². The Morgan fingerprint density at radius 1 is 1.25 bits per heavy atom. The number of hydrogen-bond donors (Lipinski definition) is 0. The maximum atomic E-state index is 12.6. The summed E-state index contributed by atoms with van der Waals surface area (Å²) in [6, 6.07) is 7.54. The Hall–Kier alpha value is -1.81. The third kappa shape index (κ3) is 2.70. The number of ketones is 1. The molecule has 0 aliphatic rings. The van der Waals surface area contributed by atoms with E-state index in [1.165, 1.54) is 6.20 Å². The van der Waals surface area contributed by atoms with Gasteiger partial charge >= 0.3 is 0 Å². The number of halogens is 1. The van der Waals surface area contributed by atoms with Crippen LogP contribution >= 0.6 is 11.6 Å². The quantitative estimate of drug-likeness (QED) is 0.810. The Balaban J connectivity index is 2.39. The lowest BCUT2D eigenvalue weighted by atomic mass is 10.1. The van der Waals surface area contributed by atoms with Gasteiger partial charge in [-0.3, -0.25) is 9.48 Å². The lowest BCUT2D eigenvalue weighted by Gasteiger charge is -2.13. The predicted octanol–water partition coefficient (Wildman–Crippen LogP) is 3.41. The molecule has 1 aromatic carbocycles. The predicted molar refractivity (Wildman–Crippen MR) is 81.8 cm³/mol. The number of carbonyl (C=O) groups is 1. The van der Waals surface area contributed by atoms with Crippen molar-refractivity contribution >= 4 is 23.1 Å². The van der Waals surface area contributed by atoms with Gasteiger partial charge in [-0.25, -0.2) is 0 Å². The van der Waals surface area contributed by atoms with Crippen LogP contribution in [0, 0.1) is 0 Å². The zero-order chi connectivity index (χ0) is 14.9. The fourth-order valence-corrected chi connectivity index (χ4v) is 2.21. The molecule has 5 heteroatoms. The summed E-state index contributed by atoms with van der Waals surface area (Å²) in [6.45, 7) is 3.94. The molecule has 0 radical (unpaired) electrons. The molecular formula is C15H18ClN3O. The first-order valence-corrected chi connectivity index (χ1v) is 6.84. The molecule has 0 amide bonds. The van der Waals surface area contributed by atoms with Crippen molar-refractivity contribution in [2.45, 2.75) is 19.9 Å². The first-order valence-electron chi connectivity index (χ1n) is 6.47. The minimum absolute atomic E-state index is 0.0856. The lowest BCUT2D eigenvalue weighted by molar-refractivity contribution is 0.102. The SMILES string of the molecule is CC(C)n1ncc(Cl)c1C(=O)c1ccc(N(C)C)cc1. The first-order chi connectivity index (χ1) is 9.41. The number of anilines is 1. The van der Waals surface area contributed by atoms with Crippen LogP contribution in [-0.4, -0.2) is 29.7 Å². The highest BCUT2D eigenvalue weighted by Gasteiger charge is 2.20. The molecule has 2 aromatic rings. The largest absolute Gasteiger partial charge is 0.378 e. The van der Waals surface area contributed by atoms with Crippen LogP contribution in [0.4, 0.5) is 5.69 Å². The van der Waals surface area contributed by atoms with Gasteiger partial charge in [0.05, 0.1) is 11.2 Å². The van der Waals surface area contributed by atoms with Crippen molar-refractivity contribution in [2.75, 3.05) is 19.0 Å². The molecule has 0 saturated carbocycles. The molecule has 0 fully saturated rings. The maximum Gasteiger partial charge on any atom is 0.212 e. The van der Waals surface area contributed by atoms with Crippen molar-refractivity contribution in [1.29, 1.82) is 0 Å². The lowest BCUT2D eigenvalue weighted by Crippen LogP contribution is -2.14. The number of hydrogen-bond acceptors (Lipinski definition) is 3. The van der Waals surface area contributed by atoms with Gasteiger partial charge in [0.1, 0.15) is 5.69 Å². The van der Waals surface area contributed by atoms with E-state index in [4.69, 9.17) is 11.6 Å². The van der Waals surface area contributed by atoms with Crippen LogP contribution in [0.5, 0.6) is 0 Å². The van der Waals surface area contributed by atoms with Crippen LogP contribution in [0.15, 0.2) is 30.5 Å². The Labute approximate surface area is 124 Å². The second-order valence-electron chi connectivity index (χ2n) is 5.15. The monoisotopic (exact) mass is 291 g/mol. The Morgan fingerprint density at radius 3 is 2.35 bits per heavy atom. The summed E-state index contributed by atoms with van der Waals surface area (Å²) in [5.41, 5.74) is 2.10. The third-order valence-electron chi connectivity index (χ3n) is 3.10. The van der Waals surface area contributed by atoms with Gasteiger partial charge in [0, 0.05) is 31.4 Å². The van der Waals surface area contributed by atoms with E-state index in [2.05, 4.69) is 5.10 Å². The van der Waals surface area contributed by atoms with E-state index in [-0.39, 0.29) is 11.8 Å². The molecule has 0 spiro atoms. The molecule has 1 heterocycles. The Bertz CT molecular complexity index is 615. The van der Waals surface area contributed by atoms with Gasteiger partial charge in [0.2, 0.25) is 5.78 Å². The minimum Gasteiger partial charge on any atom is -0.378 e. The van der Waals surface area contributed by atoms with Gasteiger partial charge in [0.15, 0.2) is 0 Å². The third-order valence-corrected chi connectivity index (χ3v) is 3.38. The number of carbonyl (C=O) groups excluding carboxylic acids is 1. The van der Waals surface area contributed by atoms with Gasteiger partial charge in [-0.2, -0.15) is 5.10 Å². The van der Waals surface area contributed by atoms with Crippen LogP contribution in [0.1, 0.15) is 35.9 Å². The van der Waals surface area contributed by atoms with Crippen LogP contribution in [-0.2, 0) is 0 Å². The fourth-order valence-electron chi connectivity index (χ4n) is 1.99. The number of nitrogens with zero attached hydrogens (tertiary/aromatic N) is 3. The van der Waals surface area contributed by atoms with Crippen molar-refractivity contribution in [3.05, 3.63) is 46.7 Å². The van der Waals surface area contributed by atoms with Crippen LogP contribution in [0.25, 0.3) is 0 Å². The fraction of sp³-hybridized carbons (Fsp3) is 0.333. The number of rotatable bonds is 4. The maximum absolute atomic E-state index is 12.6. The van der Waals surface area contributed by atoms with Crippen molar-refractivity contribution < 1.29 is 4.79 Å². The number of aromatic nitrogens is 2. The summed E-state index contributed by atoms with van der Waals surface area (Å²) in [5.74, 6) is -0.105. The molecule has 0 aliphatic heterocycles. The molecule has 0 atom stereocenters. The zero-order valence-electron chi connectivity index (χ0n) is 12.1. The van der Waals surface area contributed by atoms with Crippen LogP contribution < -0.4 is 4.90 Å². The highest BCUT2D eigenvalue weighted by atomic mass is 35.5. The van der Waals surface area contributed by atoms with E-state index < -0.39 is 0 Å². The average molecular weight is 292 g/mol. The van der Waals surface area contributed by atoms with E-state index in [0.29, 0.717) is 16.3 Å². The van der Waals surface area contributed by atoms with Gasteiger partial charge in [0.25, 0.3) is 0 Å². The minimum atomic E-state index is -0.105. The average Bonchev–Trinajstić information content (AvgIpc) is 2.80. The summed E-state index contributed by atoms with van der Waals surface area (Å²) in [4.78, 5) is 14.6. The van der Waals surface area contributed by atoms with Gasteiger partial charge < -0.3 is 4.90 Å². The number of benzene rings is 1. The van der Waals surface area contributed by atoms with Crippen molar-refractivity contribution in [2.24, 2.45) is 0 Å². The summed E-state index contributed by atoms with van der Waals surface area (Å²) in [6.07, 6.45) is 1.52. The molecule has 0 bridgehead atoms. The van der Waals surface area contributed by atoms with Gasteiger partial charge in [-0.1, -0.05) is 11.6 Å². The molecule has 20 heavy (non-hydrogen) atoms. The molecule has 106 valence electrons. The second kappa shape index (κ2) is 5.67. The molecule has 0 saturated heterocycles. The smallest absolute Gasteiger partial charge is 0.212 e.